The molecule has 0 saturated carbocycles. The summed E-state index contributed by atoms with van der Waals surface area (Å²) < 4.78 is 4.17. The monoisotopic (exact) mass is 247 g/mol. The second kappa shape index (κ2) is 5.82. The maximum Gasteiger partial charge on any atom is 0.149 e. The van der Waals surface area contributed by atoms with Crippen LogP contribution in [0.4, 0.5) is 0 Å². The summed E-state index contributed by atoms with van der Waals surface area (Å²) in [6.45, 7) is 6.23. The number of nitrogens with one attached hydrogen (secondary N) is 1. The van der Waals surface area contributed by atoms with E-state index < -0.39 is 0 Å². The van der Waals surface area contributed by atoms with Crippen LogP contribution in [0, 0.1) is 0 Å². The molecule has 0 amide bonds. The summed E-state index contributed by atoms with van der Waals surface area (Å²) in [4.78, 5) is 0. The minimum absolute atomic E-state index is 0.201. The van der Waals surface area contributed by atoms with Crippen molar-refractivity contribution in [1.29, 1.82) is 0 Å². The second-order valence-electron chi connectivity index (χ2n) is 4.66. The van der Waals surface area contributed by atoms with Gasteiger partial charge in [0.1, 0.15) is 12.2 Å². The highest BCUT2D eigenvalue weighted by molar-refractivity contribution is 5.10. The zero-order chi connectivity index (χ0) is 13.0. The van der Waals surface area contributed by atoms with Crippen LogP contribution in [-0.2, 0) is 20.1 Å². The molecule has 98 valence electrons. The molecule has 2 aromatic heterocycles. The SMILES string of the molecule is CCCn1ccc(CNC(C)c2nncn2C)c1. The van der Waals surface area contributed by atoms with E-state index in [0.717, 1.165) is 25.3 Å². The van der Waals surface area contributed by atoms with E-state index in [1.807, 2.05) is 11.6 Å². The molecular weight excluding hydrogens is 226 g/mol. The molecule has 0 spiro atoms. The topological polar surface area (TPSA) is 47.7 Å². The Morgan fingerprint density at radius 2 is 2.28 bits per heavy atom. The van der Waals surface area contributed by atoms with Crippen molar-refractivity contribution in [3.05, 3.63) is 36.2 Å². The molecule has 0 radical (unpaired) electrons. The predicted molar refractivity (Wildman–Crippen MR) is 71.0 cm³/mol. The van der Waals surface area contributed by atoms with Gasteiger partial charge in [0.05, 0.1) is 6.04 Å². The fourth-order valence-corrected chi connectivity index (χ4v) is 2.04. The van der Waals surface area contributed by atoms with Gasteiger partial charge in [0.15, 0.2) is 0 Å². The summed E-state index contributed by atoms with van der Waals surface area (Å²) in [5, 5.41) is 11.5. The molecule has 0 bridgehead atoms. The van der Waals surface area contributed by atoms with E-state index in [4.69, 9.17) is 0 Å². The van der Waals surface area contributed by atoms with Crippen LogP contribution in [0.1, 0.15) is 37.7 Å². The smallest absolute Gasteiger partial charge is 0.149 e. The van der Waals surface area contributed by atoms with Gasteiger partial charge in [0.2, 0.25) is 0 Å². The van der Waals surface area contributed by atoms with Crippen LogP contribution in [0.15, 0.2) is 24.8 Å². The van der Waals surface area contributed by atoms with Crippen LogP contribution < -0.4 is 5.32 Å². The van der Waals surface area contributed by atoms with Crippen LogP contribution in [0.25, 0.3) is 0 Å². The molecule has 18 heavy (non-hydrogen) atoms. The van der Waals surface area contributed by atoms with Gasteiger partial charge in [-0.25, -0.2) is 0 Å². The maximum absolute atomic E-state index is 4.11. The Kier molecular flexibility index (Phi) is 4.15. The van der Waals surface area contributed by atoms with Gasteiger partial charge in [0.25, 0.3) is 0 Å². The average molecular weight is 247 g/mol. The molecular formula is C13H21N5. The standard InChI is InChI=1S/C13H21N5/c1-4-6-18-7-5-12(9-18)8-14-11(2)13-16-15-10-17(13)3/h5,7,9-11,14H,4,6,8H2,1-3H3. The fraction of sp³-hybridized carbons (Fsp3) is 0.538. The Balaban J connectivity index is 1.89. The van der Waals surface area contributed by atoms with Crippen molar-refractivity contribution in [2.24, 2.45) is 7.05 Å². The molecule has 1 atom stereocenters. The van der Waals surface area contributed by atoms with E-state index in [0.29, 0.717) is 0 Å². The van der Waals surface area contributed by atoms with Crippen LogP contribution in [0.2, 0.25) is 0 Å². The molecule has 0 saturated heterocycles. The zero-order valence-corrected chi connectivity index (χ0v) is 11.3. The highest BCUT2D eigenvalue weighted by atomic mass is 15.3. The molecule has 0 aliphatic rings. The fourth-order valence-electron chi connectivity index (χ4n) is 2.04. The lowest BCUT2D eigenvalue weighted by Crippen LogP contribution is -2.20. The van der Waals surface area contributed by atoms with Gasteiger partial charge in [-0.15, -0.1) is 10.2 Å². The maximum atomic E-state index is 4.11. The first-order chi connectivity index (χ1) is 8.70. The summed E-state index contributed by atoms with van der Waals surface area (Å²) >= 11 is 0. The van der Waals surface area contributed by atoms with Crippen LogP contribution in [0.5, 0.6) is 0 Å². The summed E-state index contributed by atoms with van der Waals surface area (Å²) in [7, 11) is 1.96. The van der Waals surface area contributed by atoms with Crippen molar-refractivity contribution in [2.45, 2.75) is 39.4 Å². The quantitative estimate of drug-likeness (QED) is 0.848. The van der Waals surface area contributed by atoms with Gasteiger partial charge in [-0.05, 0) is 25.0 Å². The minimum Gasteiger partial charge on any atom is -0.354 e. The van der Waals surface area contributed by atoms with Gasteiger partial charge >= 0.3 is 0 Å². The number of aromatic nitrogens is 4. The van der Waals surface area contributed by atoms with E-state index in [-0.39, 0.29) is 6.04 Å². The van der Waals surface area contributed by atoms with Crippen LogP contribution in [0.3, 0.4) is 0 Å². The van der Waals surface area contributed by atoms with Crippen molar-refractivity contribution >= 4 is 0 Å². The van der Waals surface area contributed by atoms with E-state index in [9.17, 15) is 0 Å². The van der Waals surface area contributed by atoms with E-state index in [1.165, 1.54) is 5.56 Å². The van der Waals surface area contributed by atoms with E-state index in [2.05, 4.69) is 52.4 Å². The van der Waals surface area contributed by atoms with Crippen LogP contribution >= 0.6 is 0 Å². The zero-order valence-electron chi connectivity index (χ0n) is 11.3. The van der Waals surface area contributed by atoms with Gasteiger partial charge in [-0.2, -0.15) is 0 Å². The molecule has 0 aliphatic carbocycles. The number of nitrogens with zero attached hydrogens (tertiary/aromatic N) is 4. The number of hydrogen-bond donors (Lipinski definition) is 1. The third-order valence-corrected chi connectivity index (χ3v) is 3.04. The van der Waals surface area contributed by atoms with E-state index in [1.54, 1.807) is 6.33 Å². The Bertz CT molecular complexity index is 485. The van der Waals surface area contributed by atoms with Gasteiger partial charge in [-0.1, -0.05) is 6.92 Å². The summed E-state index contributed by atoms with van der Waals surface area (Å²) in [6, 6.07) is 2.36. The molecule has 2 aromatic rings. The summed E-state index contributed by atoms with van der Waals surface area (Å²) in [5.41, 5.74) is 1.30. The lowest BCUT2D eigenvalue weighted by molar-refractivity contribution is 0.527. The number of hydrogen-bond acceptors (Lipinski definition) is 3. The minimum atomic E-state index is 0.201. The molecule has 5 heteroatoms. The Labute approximate surface area is 108 Å². The van der Waals surface area contributed by atoms with Crippen molar-refractivity contribution in [2.75, 3.05) is 0 Å². The molecule has 0 aromatic carbocycles. The molecule has 5 nitrogen and oxygen atoms in total. The van der Waals surface area contributed by atoms with Gasteiger partial charge in [-0.3, -0.25) is 0 Å². The van der Waals surface area contributed by atoms with Crippen molar-refractivity contribution in [3.8, 4) is 0 Å². The molecule has 0 aliphatic heterocycles. The third kappa shape index (κ3) is 2.98. The molecule has 1 N–H and O–H groups in total. The molecule has 2 heterocycles. The predicted octanol–water partition coefficient (Wildman–Crippen LogP) is 1.88. The largest absolute Gasteiger partial charge is 0.354 e. The first-order valence-electron chi connectivity index (χ1n) is 6.42. The van der Waals surface area contributed by atoms with Gasteiger partial charge in [0, 0.05) is 32.5 Å². The van der Waals surface area contributed by atoms with Crippen molar-refractivity contribution < 1.29 is 0 Å². The first-order valence-corrected chi connectivity index (χ1v) is 6.42. The molecule has 0 fully saturated rings. The van der Waals surface area contributed by atoms with Gasteiger partial charge < -0.3 is 14.5 Å². The second-order valence-corrected chi connectivity index (χ2v) is 4.66. The normalized spacial score (nSPS) is 12.8. The lowest BCUT2D eigenvalue weighted by atomic mass is 10.2. The number of rotatable bonds is 6. The highest BCUT2D eigenvalue weighted by Crippen LogP contribution is 2.09. The van der Waals surface area contributed by atoms with Crippen molar-refractivity contribution in [3.63, 3.8) is 0 Å². The number of aryl methyl sites for hydroxylation is 2. The molecule has 1 unspecified atom stereocenters. The first kappa shape index (κ1) is 12.8. The van der Waals surface area contributed by atoms with E-state index >= 15 is 0 Å². The molecule has 2 rings (SSSR count). The Morgan fingerprint density at radius 1 is 1.44 bits per heavy atom. The highest BCUT2D eigenvalue weighted by Gasteiger charge is 2.10. The lowest BCUT2D eigenvalue weighted by Gasteiger charge is -2.12. The Hall–Kier alpha value is -1.62. The van der Waals surface area contributed by atoms with Crippen molar-refractivity contribution in [1.82, 2.24) is 24.6 Å². The summed E-state index contributed by atoms with van der Waals surface area (Å²) in [6.07, 6.45) is 7.22. The van der Waals surface area contributed by atoms with Crippen LogP contribution in [-0.4, -0.2) is 19.3 Å². The third-order valence-electron chi connectivity index (χ3n) is 3.04. The summed E-state index contributed by atoms with van der Waals surface area (Å²) in [5.74, 6) is 0.961. The average Bonchev–Trinajstić information content (AvgIpc) is 2.96. The Morgan fingerprint density at radius 3 is 2.94 bits per heavy atom.